The Labute approximate surface area is 224 Å². The second-order valence-corrected chi connectivity index (χ2v) is 11.6. The number of nitrogens with one attached hydrogen (secondary N) is 1. The summed E-state index contributed by atoms with van der Waals surface area (Å²) in [6.07, 6.45) is 0.880. The van der Waals surface area contributed by atoms with E-state index in [4.69, 9.17) is 0 Å². The van der Waals surface area contributed by atoms with Crippen LogP contribution in [-0.4, -0.2) is 70.1 Å². The molecule has 1 saturated heterocycles. The van der Waals surface area contributed by atoms with Gasteiger partial charge in [0.05, 0.1) is 18.2 Å². The number of nitrogens with zero attached hydrogens (tertiary/aromatic N) is 3. The second kappa shape index (κ2) is 9.18. The number of fused-ring (bicyclic) bond motifs is 6. The fourth-order valence-corrected chi connectivity index (χ4v) is 6.98. The van der Waals surface area contributed by atoms with Gasteiger partial charge in [-0.3, -0.25) is 24.2 Å². The predicted molar refractivity (Wildman–Crippen MR) is 142 cm³/mol. The van der Waals surface area contributed by atoms with Crippen molar-refractivity contribution in [3.8, 4) is 11.8 Å². The van der Waals surface area contributed by atoms with Crippen molar-refractivity contribution < 1.29 is 19.5 Å². The highest BCUT2D eigenvalue weighted by atomic mass is 16.3. The molecule has 2 unspecified atom stereocenters. The zero-order valence-electron chi connectivity index (χ0n) is 23.2. The lowest BCUT2D eigenvalue weighted by atomic mass is 9.69. The van der Waals surface area contributed by atoms with E-state index in [0.717, 1.165) is 22.3 Å². The maximum absolute atomic E-state index is 13.7. The average molecular weight is 517 g/mol. The fraction of sp³-hybridized carbons (Fsp3) is 0.533. The fourth-order valence-electron chi connectivity index (χ4n) is 6.98. The largest absolute Gasteiger partial charge is 0.507 e. The van der Waals surface area contributed by atoms with E-state index in [9.17, 15) is 24.8 Å². The number of amides is 1. The molecule has 0 aromatic heterocycles. The van der Waals surface area contributed by atoms with Gasteiger partial charge in [0.15, 0.2) is 11.6 Å². The molecule has 1 aromatic rings. The first-order valence-electron chi connectivity index (χ1n) is 13.4. The minimum absolute atomic E-state index is 0.130. The Morgan fingerprint density at radius 3 is 2.42 bits per heavy atom. The lowest BCUT2D eigenvalue weighted by molar-refractivity contribution is -0.125. The number of Topliss-reactive ketones (excluding diaryl/α,β-unsaturated/α-hetero) is 2. The van der Waals surface area contributed by atoms with E-state index in [1.807, 2.05) is 20.9 Å². The molecule has 200 valence electrons. The van der Waals surface area contributed by atoms with E-state index in [0.29, 0.717) is 35.1 Å². The predicted octanol–water partition coefficient (Wildman–Crippen LogP) is 2.81. The Balaban J connectivity index is 1.72. The van der Waals surface area contributed by atoms with Crippen molar-refractivity contribution in [1.82, 2.24) is 15.1 Å². The third-order valence-electron chi connectivity index (χ3n) is 9.38. The summed E-state index contributed by atoms with van der Waals surface area (Å²) in [5.74, 6) is -0.466. The summed E-state index contributed by atoms with van der Waals surface area (Å²) < 4.78 is 0. The van der Waals surface area contributed by atoms with E-state index in [1.54, 1.807) is 27.7 Å². The number of phenolic OH excluding ortho intramolecular Hbond substituents is 1. The van der Waals surface area contributed by atoms with E-state index >= 15 is 0 Å². The average Bonchev–Trinajstić information content (AvgIpc) is 2.88. The number of allylic oxidation sites excluding steroid dienone is 2. The number of phenols is 1. The van der Waals surface area contributed by atoms with Crippen LogP contribution in [0.3, 0.4) is 0 Å². The Kier molecular flexibility index (Phi) is 6.36. The SMILES string of the molecule is CC1=C(C)C(=O)C2=C(CC3[C@H]4c5c(cc(C)c(C)c5O)C[C@@H](C(C#N)N3[C@H]2CNC(=O)C(C)C)N4C)C1=O. The number of piperazine rings is 1. The zero-order chi connectivity index (χ0) is 27.8. The number of hydrogen-bond acceptors (Lipinski definition) is 7. The molecular formula is C30H36N4O4. The van der Waals surface area contributed by atoms with E-state index in [2.05, 4.69) is 27.3 Å². The third kappa shape index (κ3) is 3.59. The van der Waals surface area contributed by atoms with Crippen LogP contribution in [0.5, 0.6) is 5.75 Å². The van der Waals surface area contributed by atoms with Crippen molar-refractivity contribution in [1.29, 1.82) is 5.26 Å². The van der Waals surface area contributed by atoms with Crippen LogP contribution in [0.25, 0.3) is 0 Å². The maximum atomic E-state index is 13.7. The molecule has 38 heavy (non-hydrogen) atoms. The number of hydrogen-bond donors (Lipinski definition) is 2. The highest BCUT2D eigenvalue weighted by Gasteiger charge is 2.57. The van der Waals surface area contributed by atoms with Crippen molar-refractivity contribution >= 4 is 17.5 Å². The number of rotatable bonds is 3. The number of ketones is 2. The lowest BCUT2D eigenvalue weighted by Crippen LogP contribution is -2.71. The number of nitriles is 1. The van der Waals surface area contributed by atoms with E-state index < -0.39 is 12.1 Å². The van der Waals surface area contributed by atoms with Crippen molar-refractivity contribution in [2.75, 3.05) is 13.6 Å². The molecule has 8 heteroatoms. The molecular weight excluding hydrogens is 480 g/mol. The molecule has 1 aromatic carbocycles. The van der Waals surface area contributed by atoms with Crippen LogP contribution in [-0.2, 0) is 20.8 Å². The second-order valence-electron chi connectivity index (χ2n) is 11.6. The number of carbonyl (C=O) groups is 3. The Hall–Kier alpha value is -3.28. The highest BCUT2D eigenvalue weighted by molar-refractivity contribution is 6.25. The summed E-state index contributed by atoms with van der Waals surface area (Å²) in [6, 6.07) is 2.66. The molecule has 0 spiro atoms. The van der Waals surface area contributed by atoms with Crippen LogP contribution >= 0.6 is 0 Å². The van der Waals surface area contributed by atoms with Gasteiger partial charge in [0.1, 0.15) is 11.8 Å². The van der Waals surface area contributed by atoms with Crippen molar-refractivity contribution in [3.05, 3.63) is 50.6 Å². The van der Waals surface area contributed by atoms with Gasteiger partial charge in [-0.2, -0.15) is 5.26 Å². The summed E-state index contributed by atoms with van der Waals surface area (Å²) in [5, 5.41) is 24.9. The topological polar surface area (TPSA) is 114 Å². The Morgan fingerprint density at radius 2 is 1.79 bits per heavy atom. The highest BCUT2D eigenvalue weighted by Crippen LogP contribution is 2.52. The normalized spacial score (nSPS) is 29.2. The molecule has 1 amide bonds. The molecule has 0 radical (unpaired) electrons. The van der Waals surface area contributed by atoms with Gasteiger partial charge in [0.25, 0.3) is 0 Å². The van der Waals surface area contributed by atoms with E-state index in [1.165, 1.54) is 0 Å². The van der Waals surface area contributed by atoms with Crippen LogP contribution in [0.1, 0.15) is 62.4 Å². The zero-order valence-corrected chi connectivity index (χ0v) is 23.2. The molecule has 1 fully saturated rings. The van der Waals surface area contributed by atoms with Gasteiger partial charge in [0, 0.05) is 52.4 Å². The van der Waals surface area contributed by atoms with Gasteiger partial charge in [-0.05, 0) is 64.3 Å². The molecule has 5 atom stereocenters. The van der Waals surface area contributed by atoms with Crippen LogP contribution in [0, 0.1) is 31.1 Å². The number of aryl methyl sites for hydroxylation is 1. The summed E-state index contributed by atoms with van der Waals surface area (Å²) in [4.78, 5) is 44.2. The van der Waals surface area contributed by atoms with Crippen molar-refractivity contribution in [2.24, 2.45) is 5.92 Å². The standard InChI is InChI=1S/C30H36N4O4/c1-13(2)30(38)32-12-23-25-19(27(35)16(5)17(6)29(25)37)10-21-26-24-18(8-14(3)15(4)28(24)36)9-20(33(26)7)22(11-31)34(21)23/h8,13,20-23,26,36H,9-10,12H2,1-7H3,(H,32,38)/t20-,21?,22?,23-,26-/m0/s1. The van der Waals surface area contributed by atoms with Crippen molar-refractivity contribution in [3.63, 3.8) is 0 Å². The Morgan fingerprint density at radius 1 is 1.13 bits per heavy atom. The number of aromatic hydroxyl groups is 1. The van der Waals surface area contributed by atoms with E-state index in [-0.39, 0.29) is 53.8 Å². The summed E-state index contributed by atoms with van der Waals surface area (Å²) in [6.45, 7) is 11.0. The van der Waals surface area contributed by atoms with Crippen LogP contribution < -0.4 is 5.32 Å². The summed E-state index contributed by atoms with van der Waals surface area (Å²) in [5.41, 5.74) is 5.44. The van der Waals surface area contributed by atoms with Crippen LogP contribution in [0.15, 0.2) is 28.4 Å². The van der Waals surface area contributed by atoms with Gasteiger partial charge >= 0.3 is 0 Å². The monoisotopic (exact) mass is 516 g/mol. The van der Waals surface area contributed by atoms with Gasteiger partial charge in [-0.1, -0.05) is 19.9 Å². The molecule has 2 bridgehead atoms. The lowest BCUT2D eigenvalue weighted by Gasteiger charge is -2.60. The molecule has 0 saturated carbocycles. The molecule has 3 heterocycles. The van der Waals surface area contributed by atoms with Gasteiger partial charge in [0.2, 0.25) is 5.91 Å². The minimum Gasteiger partial charge on any atom is -0.507 e. The summed E-state index contributed by atoms with van der Waals surface area (Å²) in [7, 11) is 1.98. The van der Waals surface area contributed by atoms with Gasteiger partial charge in [-0.15, -0.1) is 0 Å². The number of carbonyl (C=O) groups excluding carboxylic acids is 3. The number of likely N-dealkylation sites (N-methyl/N-ethyl adjacent to an activating group) is 1. The smallest absolute Gasteiger partial charge is 0.222 e. The molecule has 5 rings (SSSR count). The van der Waals surface area contributed by atoms with Crippen molar-refractivity contribution in [2.45, 2.75) is 84.6 Å². The quantitative estimate of drug-likeness (QED) is 0.594. The van der Waals surface area contributed by atoms with Gasteiger partial charge in [-0.25, -0.2) is 0 Å². The molecule has 1 aliphatic carbocycles. The first-order chi connectivity index (χ1) is 17.9. The molecule has 8 nitrogen and oxygen atoms in total. The Bertz CT molecular complexity index is 1380. The maximum Gasteiger partial charge on any atom is 0.222 e. The molecule has 4 aliphatic rings. The third-order valence-corrected chi connectivity index (χ3v) is 9.38. The number of benzene rings is 1. The minimum atomic E-state index is -0.621. The summed E-state index contributed by atoms with van der Waals surface area (Å²) >= 11 is 0. The molecule has 2 N–H and O–H groups in total. The van der Waals surface area contributed by atoms with Gasteiger partial charge < -0.3 is 10.4 Å². The first kappa shape index (κ1) is 26.3. The van der Waals surface area contributed by atoms with Crippen LogP contribution in [0.4, 0.5) is 0 Å². The first-order valence-corrected chi connectivity index (χ1v) is 13.4. The van der Waals surface area contributed by atoms with Crippen LogP contribution in [0.2, 0.25) is 0 Å². The molecule has 3 aliphatic heterocycles.